The number of likely N-dealkylation sites (tertiary alicyclic amines) is 1. The molecule has 124 valence electrons. The van der Waals surface area contributed by atoms with E-state index in [4.69, 9.17) is 0 Å². The number of aromatic nitrogens is 4. The second-order valence-electron chi connectivity index (χ2n) is 6.09. The Labute approximate surface area is 144 Å². The van der Waals surface area contributed by atoms with Crippen LogP contribution < -0.4 is 0 Å². The van der Waals surface area contributed by atoms with Crippen molar-refractivity contribution in [2.24, 2.45) is 0 Å². The maximum Gasteiger partial charge on any atom is 0.270 e. The molecule has 0 radical (unpaired) electrons. The molecule has 3 aromatic rings. The first kappa shape index (κ1) is 15.1. The first-order valence-electron chi connectivity index (χ1n) is 8.10. The number of aryl methyl sites for hydroxylation is 1. The highest BCUT2D eigenvalue weighted by atomic mass is 32.1. The molecule has 7 heteroatoms. The van der Waals surface area contributed by atoms with Crippen LogP contribution in [0.25, 0.3) is 11.3 Å². The van der Waals surface area contributed by atoms with Crippen LogP contribution in [0.4, 0.5) is 0 Å². The number of rotatable bonds is 3. The third kappa shape index (κ3) is 2.87. The molecular weight excluding hydrogens is 322 g/mol. The summed E-state index contributed by atoms with van der Waals surface area (Å²) in [5, 5.41) is 7.36. The fraction of sp³-hybridized carbons (Fsp3) is 0.353. The van der Waals surface area contributed by atoms with E-state index in [1.165, 1.54) is 0 Å². The number of carbonyl (C=O) groups is 1. The van der Waals surface area contributed by atoms with Gasteiger partial charge in [-0.3, -0.25) is 9.48 Å². The summed E-state index contributed by atoms with van der Waals surface area (Å²) in [7, 11) is 0. The molecular formula is C17H19N5OS. The summed E-state index contributed by atoms with van der Waals surface area (Å²) in [5.74, 6) is 0.0463. The molecule has 1 amide bonds. The maximum atomic E-state index is 12.8. The first-order chi connectivity index (χ1) is 11.7. The van der Waals surface area contributed by atoms with Crippen molar-refractivity contribution in [2.75, 3.05) is 13.1 Å². The van der Waals surface area contributed by atoms with Gasteiger partial charge < -0.3 is 9.88 Å². The molecule has 1 saturated heterocycles. The number of nitrogens with zero attached hydrogens (tertiary/aromatic N) is 4. The third-order valence-corrected chi connectivity index (χ3v) is 5.18. The molecule has 1 N–H and O–H groups in total. The van der Waals surface area contributed by atoms with E-state index < -0.39 is 0 Å². The van der Waals surface area contributed by atoms with E-state index in [-0.39, 0.29) is 11.9 Å². The van der Waals surface area contributed by atoms with Gasteiger partial charge >= 0.3 is 0 Å². The molecule has 4 rings (SSSR count). The van der Waals surface area contributed by atoms with Gasteiger partial charge in [-0.15, -0.1) is 11.3 Å². The van der Waals surface area contributed by atoms with E-state index >= 15 is 0 Å². The molecule has 6 nitrogen and oxygen atoms in total. The Hall–Kier alpha value is -2.41. The molecule has 3 aromatic heterocycles. The summed E-state index contributed by atoms with van der Waals surface area (Å²) in [4.78, 5) is 22.3. The van der Waals surface area contributed by atoms with Crippen molar-refractivity contribution in [2.45, 2.75) is 25.8 Å². The van der Waals surface area contributed by atoms with Crippen LogP contribution >= 0.6 is 11.3 Å². The Morgan fingerprint density at radius 3 is 3.12 bits per heavy atom. The van der Waals surface area contributed by atoms with Crippen molar-refractivity contribution in [3.63, 3.8) is 0 Å². The van der Waals surface area contributed by atoms with Crippen LogP contribution in [0.15, 0.2) is 36.1 Å². The van der Waals surface area contributed by atoms with Gasteiger partial charge in [-0.2, -0.15) is 5.10 Å². The normalized spacial score (nSPS) is 18.0. The first-order valence-corrected chi connectivity index (χ1v) is 8.98. The lowest BCUT2D eigenvalue weighted by molar-refractivity contribution is 0.0668. The van der Waals surface area contributed by atoms with Crippen molar-refractivity contribution in [1.82, 2.24) is 24.6 Å². The molecule has 24 heavy (non-hydrogen) atoms. The van der Waals surface area contributed by atoms with Crippen LogP contribution in [0, 0.1) is 6.92 Å². The molecule has 0 spiro atoms. The molecule has 1 fully saturated rings. The molecule has 0 aromatic carbocycles. The van der Waals surface area contributed by atoms with Crippen LogP contribution in [-0.4, -0.2) is 43.6 Å². The van der Waals surface area contributed by atoms with E-state index in [9.17, 15) is 4.79 Å². The highest BCUT2D eigenvalue weighted by Crippen LogP contribution is 2.25. The van der Waals surface area contributed by atoms with E-state index in [0.29, 0.717) is 12.2 Å². The van der Waals surface area contributed by atoms with Gasteiger partial charge in [0.2, 0.25) is 0 Å². The van der Waals surface area contributed by atoms with Gasteiger partial charge in [0, 0.05) is 42.6 Å². The van der Waals surface area contributed by atoms with Crippen molar-refractivity contribution in [3.8, 4) is 11.3 Å². The third-order valence-electron chi connectivity index (χ3n) is 4.41. The highest BCUT2D eigenvalue weighted by Gasteiger charge is 2.26. The number of hydrogen-bond acceptors (Lipinski definition) is 4. The Kier molecular flexibility index (Phi) is 3.93. The lowest BCUT2D eigenvalue weighted by atomic mass is 10.1. The summed E-state index contributed by atoms with van der Waals surface area (Å²) in [6.45, 7) is 3.47. The minimum atomic E-state index is 0.0463. The molecule has 1 aliphatic rings. The van der Waals surface area contributed by atoms with Crippen LogP contribution in [0.2, 0.25) is 0 Å². The topological polar surface area (TPSA) is 66.8 Å². The van der Waals surface area contributed by atoms with Gasteiger partial charge in [0.1, 0.15) is 5.69 Å². The smallest absolute Gasteiger partial charge is 0.270 e. The number of carbonyl (C=O) groups excluding carboxylic acids is 1. The fourth-order valence-corrected chi connectivity index (χ4v) is 3.81. The van der Waals surface area contributed by atoms with Crippen molar-refractivity contribution in [1.29, 1.82) is 0 Å². The van der Waals surface area contributed by atoms with Gasteiger partial charge in [0.05, 0.1) is 16.7 Å². The number of piperidine rings is 1. The number of aromatic amines is 1. The second-order valence-corrected chi connectivity index (χ2v) is 7.15. The molecule has 0 saturated carbocycles. The van der Waals surface area contributed by atoms with Crippen LogP contribution in [0.5, 0.6) is 0 Å². The minimum absolute atomic E-state index is 0.0463. The molecule has 0 aliphatic carbocycles. The number of amides is 1. The Balaban J connectivity index is 1.50. The highest BCUT2D eigenvalue weighted by molar-refractivity contribution is 7.09. The average Bonchev–Trinajstić information content (AvgIpc) is 3.35. The predicted molar refractivity (Wildman–Crippen MR) is 93.0 cm³/mol. The molecule has 0 bridgehead atoms. The fourth-order valence-electron chi connectivity index (χ4n) is 3.18. The van der Waals surface area contributed by atoms with Gasteiger partial charge in [0.15, 0.2) is 0 Å². The second kappa shape index (κ2) is 6.24. The molecule has 1 atom stereocenters. The monoisotopic (exact) mass is 341 g/mol. The molecule has 4 heterocycles. The predicted octanol–water partition coefficient (Wildman–Crippen LogP) is 3.12. The van der Waals surface area contributed by atoms with Gasteiger partial charge in [0.25, 0.3) is 5.91 Å². The van der Waals surface area contributed by atoms with Crippen LogP contribution in [0.1, 0.15) is 34.4 Å². The zero-order chi connectivity index (χ0) is 16.5. The number of thiazole rings is 1. The van der Waals surface area contributed by atoms with Crippen molar-refractivity contribution >= 4 is 17.2 Å². The van der Waals surface area contributed by atoms with E-state index in [1.807, 2.05) is 46.4 Å². The summed E-state index contributed by atoms with van der Waals surface area (Å²) < 4.78 is 1.96. The molecule has 1 aliphatic heterocycles. The Bertz CT molecular complexity index is 835. The summed E-state index contributed by atoms with van der Waals surface area (Å²) >= 11 is 1.61. The summed E-state index contributed by atoms with van der Waals surface area (Å²) in [6.07, 6.45) is 7.66. The van der Waals surface area contributed by atoms with Crippen LogP contribution in [0.3, 0.4) is 0 Å². The Morgan fingerprint density at radius 1 is 1.46 bits per heavy atom. The standard InChI is InChI=1S/C17H19N5OS/c1-12-20-16(11-24-12)13-8-15(18-9-13)17(23)21-6-2-4-14(10-21)22-7-3-5-19-22/h3,5,7-9,11,14,18H,2,4,6,10H2,1H3/t14-/m0/s1. The zero-order valence-electron chi connectivity index (χ0n) is 13.5. The number of hydrogen-bond donors (Lipinski definition) is 1. The van der Waals surface area contributed by atoms with Crippen LogP contribution in [-0.2, 0) is 0 Å². The minimum Gasteiger partial charge on any atom is -0.357 e. The molecule has 0 unspecified atom stereocenters. The van der Waals surface area contributed by atoms with Crippen molar-refractivity contribution in [3.05, 3.63) is 46.8 Å². The lowest BCUT2D eigenvalue weighted by Gasteiger charge is -2.32. The van der Waals surface area contributed by atoms with Gasteiger partial charge in [-0.1, -0.05) is 0 Å². The lowest BCUT2D eigenvalue weighted by Crippen LogP contribution is -2.41. The Morgan fingerprint density at radius 2 is 2.38 bits per heavy atom. The van der Waals surface area contributed by atoms with E-state index in [1.54, 1.807) is 17.5 Å². The SMILES string of the molecule is Cc1nc(-c2c[nH]c(C(=O)N3CCC[C@H](n4cccn4)C3)c2)cs1. The van der Waals surface area contributed by atoms with Gasteiger partial charge in [-0.25, -0.2) is 4.98 Å². The van der Waals surface area contributed by atoms with E-state index in [2.05, 4.69) is 15.1 Å². The summed E-state index contributed by atoms with van der Waals surface area (Å²) in [6, 6.07) is 4.08. The van der Waals surface area contributed by atoms with Gasteiger partial charge in [-0.05, 0) is 31.9 Å². The summed E-state index contributed by atoms with van der Waals surface area (Å²) in [5.41, 5.74) is 2.50. The van der Waals surface area contributed by atoms with Crippen molar-refractivity contribution < 1.29 is 4.79 Å². The zero-order valence-corrected chi connectivity index (χ0v) is 14.3. The number of nitrogens with one attached hydrogen (secondary N) is 1. The maximum absolute atomic E-state index is 12.8. The quantitative estimate of drug-likeness (QED) is 0.796. The largest absolute Gasteiger partial charge is 0.357 e. The number of H-pyrrole nitrogens is 1. The van der Waals surface area contributed by atoms with E-state index in [0.717, 1.165) is 35.7 Å². The average molecular weight is 341 g/mol.